The summed E-state index contributed by atoms with van der Waals surface area (Å²) in [5.41, 5.74) is 1.95. The van der Waals surface area contributed by atoms with Gasteiger partial charge in [-0.2, -0.15) is 0 Å². The smallest absolute Gasteiger partial charge is 0.232 e. The van der Waals surface area contributed by atoms with Crippen molar-refractivity contribution in [1.29, 1.82) is 0 Å². The summed E-state index contributed by atoms with van der Waals surface area (Å²) in [6.07, 6.45) is 0. The van der Waals surface area contributed by atoms with E-state index in [9.17, 15) is 4.79 Å². The first kappa shape index (κ1) is 18.7. The first-order valence-electron chi connectivity index (χ1n) is 7.59. The van der Waals surface area contributed by atoms with Crippen LogP contribution in [-0.2, 0) is 10.5 Å². The van der Waals surface area contributed by atoms with Crippen molar-refractivity contribution in [3.8, 4) is 5.75 Å². The molecule has 5 nitrogen and oxygen atoms in total. The third kappa shape index (κ3) is 5.46. The number of thioether (sulfide) groups is 1. The van der Waals surface area contributed by atoms with Crippen LogP contribution in [0.1, 0.15) is 17.0 Å². The number of rotatable bonds is 8. The Morgan fingerprint density at radius 2 is 2.21 bits per heavy atom. The molecule has 0 fully saturated rings. The number of nitrogens with zero attached hydrogens (tertiary/aromatic N) is 2. The van der Waals surface area contributed by atoms with Gasteiger partial charge in [-0.15, -0.1) is 11.8 Å². The van der Waals surface area contributed by atoms with Crippen molar-refractivity contribution in [3.05, 3.63) is 46.3 Å². The van der Waals surface area contributed by atoms with Gasteiger partial charge in [0.1, 0.15) is 18.1 Å². The van der Waals surface area contributed by atoms with Crippen molar-refractivity contribution in [3.63, 3.8) is 0 Å². The van der Waals surface area contributed by atoms with Gasteiger partial charge in [-0.25, -0.2) is 0 Å². The fourth-order valence-electron chi connectivity index (χ4n) is 2.04. The second-order valence-corrected chi connectivity index (χ2v) is 6.84. The molecule has 0 spiro atoms. The Labute approximate surface area is 151 Å². The van der Waals surface area contributed by atoms with Gasteiger partial charge < -0.3 is 14.2 Å². The van der Waals surface area contributed by atoms with Crippen LogP contribution in [0.25, 0.3) is 0 Å². The summed E-state index contributed by atoms with van der Waals surface area (Å²) in [7, 11) is 1.78. The molecule has 1 aromatic carbocycles. The number of aryl methyl sites for hydroxylation is 2. The summed E-state index contributed by atoms with van der Waals surface area (Å²) in [6, 6.07) is 7.22. The van der Waals surface area contributed by atoms with Crippen molar-refractivity contribution in [1.82, 2.24) is 10.1 Å². The number of hydrogen-bond donors (Lipinski definition) is 0. The van der Waals surface area contributed by atoms with Gasteiger partial charge in [-0.3, -0.25) is 4.79 Å². The summed E-state index contributed by atoms with van der Waals surface area (Å²) in [4.78, 5) is 13.8. The fourth-order valence-corrected chi connectivity index (χ4v) is 3.33. The van der Waals surface area contributed by atoms with E-state index in [0.29, 0.717) is 29.7 Å². The number of carbonyl (C=O) groups is 1. The molecule has 1 amide bonds. The van der Waals surface area contributed by atoms with E-state index in [1.54, 1.807) is 35.8 Å². The Kier molecular flexibility index (Phi) is 6.99. The van der Waals surface area contributed by atoms with Gasteiger partial charge in [0.2, 0.25) is 5.91 Å². The number of ether oxygens (including phenoxy) is 1. The first-order valence-corrected chi connectivity index (χ1v) is 9.12. The molecule has 130 valence electrons. The van der Waals surface area contributed by atoms with Gasteiger partial charge in [-0.05, 0) is 32.0 Å². The largest absolute Gasteiger partial charge is 0.492 e. The summed E-state index contributed by atoms with van der Waals surface area (Å²) < 4.78 is 10.7. The Morgan fingerprint density at radius 3 is 2.88 bits per heavy atom. The molecule has 0 unspecified atom stereocenters. The number of hydrogen-bond acceptors (Lipinski definition) is 5. The van der Waals surface area contributed by atoms with Crippen molar-refractivity contribution in [2.24, 2.45) is 0 Å². The zero-order chi connectivity index (χ0) is 17.5. The monoisotopic (exact) mass is 368 g/mol. The maximum absolute atomic E-state index is 12.1. The van der Waals surface area contributed by atoms with E-state index < -0.39 is 0 Å². The molecule has 0 aliphatic rings. The zero-order valence-electron chi connectivity index (χ0n) is 14.0. The Hall–Kier alpha value is -1.66. The lowest BCUT2D eigenvalue weighted by molar-refractivity contribution is -0.127. The molecule has 24 heavy (non-hydrogen) atoms. The van der Waals surface area contributed by atoms with Gasteiger partial charge >= 0.3 is 0 Å². The lowest BCUT2D eigenvalue weighted by Crippen LogP contribution is -2.32. The number of likely N-dealkylation sites (N-methyl/N-ethyl adjacent to an activating group) is 1. The van der Waals surface area contributed by atoms with Gasteiger partial charge in [0.15, 0.2) is 0 Å². The number of halogens is 1. The van der Waals surface area contributed by atoms with Crippen LogP contribution in [0, 0.1) is 13.8 Å². The normalized spacial score (nSPS) is 10.7. The maximum Gasteiger partial charge on any atom is 0.232 e. The highest BCUT2D eigenvalue weighted by atomic mass is 35.5. The number of benzene rings is 1. The zero-order valence-corrected chi connectivity index (χ0v) is 15.6. The topological polar surface area (TPSA) is 55.6 Å². The molecule has 0 saturated carbocycles. The minimum absolute atomic E-state index is 0.0708. The second kappa shape index (κ2) is 8.99. The summed E-state index contributed by atoms with van der Waals surface area (Å²) in [6.45, 7) is 4.75. The highest BCUT2D eigenvalue weighted by Crippen LogP contribution is 2.20. The molecule has 2 rings (SSSR count). The molecule has 7 heteroatoms. The molecule has 1 heterocycles. The number of aromatic nitrogens is 1. The van der Waals surface area contributed by atoms with E-state index in [4.69, 9.17) is 20.9 Å². The molecule has 0 saturated heterocycles. The standard InChI is InChI=1S/C17H21ClN2O3S/c1-12-16(13(2)23-19-12)10-24-11-17(21)20(3)7-8-22-15-6-4-5-14(18)9-15/h4-6,9H,7-8,10-11H2,1-3H3. The molecule has 1 aromatic heterocycles. The molecular weight excluding hydrogens is 348 g/mol. The minimum Gasteiger partial charge on any atom is -0.492 e. The molecule has 0 aliphatic carbocycles. The van der Waals surface area contributed by atoms with Crippen LogP contribution < -0.4 is 4.74 Å². The van der Waals surface area contributed by atoms with Crippen LogP contribution in [-0.4, -0.2) is 41.9 Å². The van der Waals surface area contributed by atoms with Crippen LogP contribution in [0.5, 0.6) is 5.75 Å². The minimum atomic E-state index is 0.0708. The third-order valence-electron chi connectivity index (χ3n) is 3.57. The van der Waals surface area contributed by atoms with Gasteiger partial charge in [-0.1, -0.05) is 22.8 Å². The summed E-state index contributed by atoms with van der Waals surface area (Å²) in [5, 5.41) is 4.55. The van der Waals surface area contributed by atoms with Crippen LogP contribution in [0.2, 0.25) is 5.02 Å². The average molecular weight is 369 g/mol. The Morgan fingerprint density at radius 1 is 1.42 bits per heavy atom. The fraction of sp³-hybridized carbons (Fsp3) is 0.412. The molecule has 2 aromatic rings. The third-order valence-corrected chi connectivity index (χ3v) is 4.75. The molecule has 0 atom stereocenters. The number of amides is 1. The van der Waals surface area contributed by atoms with Crippen LogP contribution in [0.3, 0.4) is 0 Å². The maximum atomic E-state index is 12.1. The van der Waals surface area contributed by atoms with Gasteiger partial charge in [0.05, 0.1) is 18.0 Å². The van der Waals surface area contributed by atoms with Crippen molar-refractivity contribution in [2.75, 3.05) is 26.0 Å². The van der Waals surface area contributed by atoms with E-state index in [1.807, 2.05) is 26.0 Å². The predicted molar refractivity (Wildman–Crippen MR) is 96.7 cm³/mol. The van der Waals surface area contributed by atoms with E-state index in [-0.39, 0.29) is 5.91 Å². The van der Waals surface area contributed by atoms with Crippen LogP contribution in [0.4, 0.5) is 0 Å². The van der Waals surface area contributed by atoms with E-state index in [1.165, 1.54) is 0 Å². The first-order chi connectivity index (χ1) is 11.5. The lowest BCUT2D eigenvalue weighted by atomic mass is 10.2. The van der Waals surface area contributed by atoms with E-state index in [2.05, 4.69) is 5.16 Å². The SMILES string of the molecule is Cc1noc(C)c1CSCC(=O)N(C)CCOc1cccc(Cl)c1. The number of carbonyl (C=O) groups excluding carboxylic acids is 1. The predicted octanol–water partition coefficient (Wildman–Crippen LogP) is 3.72. The summed E-state index contributed by atoms with van der Waals surface area (Å²) >= 11 is 7.46. The van der Waals surface area contributed by atoms with Crippen molar-refractivity contribution >= 4 is 29.3 Å². The Balaban J connectivity index is 1.68. The molecule has 0 aliphatic heterocycles. The van der Waals surface area contributed by atoms with E-state index >= 15 is 0 Å². The highest BCUT2D eigenvalue weighted by molar-refractivity contribution is 7.99. The molecule has 0 bridgehead atoms. The Bertz CT molecular complexity index is 671. The molecular formula is C17H21ClN2O3S. The van der Waals surface area contributed by atoms with Crippen LogP contribution in [0.15, 0.2) is 28.8 Å². The summed E-state index contributed by atoms with van der Waals surface area (Å²) in [5.74, 6) is 2.73. The van der Waals surface area contributed by atoms with Crippen molar-refractivity contribution in [2.45, 2.75) is 19.6 Å². The quantitative estimate of drug-likeness (QED) is 0.710. The van der Waals surface area contributed by atoms with Gasteiger partial charge in [0.25, 0.3) is 0 Å². The highest BCUT2D eigenvalue weighted by Gasteiger charge is 2.12. The van der Waals surface area contributed by atoms with Gasteiger partial charge in [0, 0.05) is 23.4 Å². The second-order valence-electron chi connectivity index (χ2n) is 5.42. The van der Waals surface area contributed by atoms with Crippen molar-refractivity contribution < 1.29 is 14.1 Å². The molecule has 0 radical (unpaired) electrons. The van der Waals surface area contributed by atoms with E-state index in [0.717, 1.165) is 22.8 Å². The van der Waals surface area contributed by atoms with Crippen LogP contribution >= 0.6 is 23.4 Å². The average Bonchev–Trinajstić information content (AvgIpc) is 2.86. The lowest BCUT2D eigenvalue weighted by Gasteiger charge is -2.17. The molecule has 0 N–H and O–H groups in total.